The fourth-order valence-electron chi connectivity index (χ4n) is 3.94. The number of aliphatic hydroxyl groups is 1. The molecule has 3 heterocycles. The van der Waals surface area contributed by atoms with Crippen LogP contribution in [-0.4, -0.2) is 35.5 Å². The Labute approximate surface area is 159 Å². The van der Waals surface area contributed by atoms with Crippen LogP contribution in [0.2, 0.25) is 0 Å². The smallest absolute Gasteiger partial charge is 0.159 e. The average molecular weight is 365 g/mol. The van der Waals surface area contributed by atoms with Crippen LogP contribution in [0.3, 0.4) is 0 Å². The fourth-order valence-corrected chi connectivity index (χ4v) is 3.94. The van der Waals surface area contributed by atoms with E-state index in [1.54, 1.807) is 0 Å². The number of hydrogen-bond acceptors (Lipinski definition) is 5. The Bertz CT molecular complexity index is 912. The third kappa shape index (κ3) is 4.00. The zero-order valence-electron chi connectivity index (χ0n) is 16.0. The van der Waals surface area contributed by atoms with E-state index in [2.05, 4.69) is 33.2 Å². The van der Waals surface area contributed by atoms with Crippen molar-refractivity contribution < 1.29 is 5.11 Å². The van der Waals surface area contributed by atoms with Gasteiger partial charge in [-0.2, -0.15) is 0 Å². The van der Waals surface area contributed by atoms with Gasteiger partial charge >= 0.3 is 0 Å². The molecule has 142 valence electrons. The highest BCUT2D eigenvalue weighted by Gasteiger charge is 2.21. The second kappa shape index (κ2) is 7.72. The number of aliphatic hydroxyl groups excluding tert-OH is 1. The van der Waals surface area contributed by atoms with Gasteiger partial charge < -0.3 is 5.11 Å². The van der Waals surface area contributed by atoms with Crippen LogP contribution in [0.25, 0.3) is 17.0 Å². The molecule has 6 nitrogen and oxygen atoms in total. The summed E-state index contributed by atoms with van der Waals surface area (Å²) in [4.78, 5) is 18.4. The van der Waals surface area contributed by atoms with Gasteiger partial charge in [-0.05, 0) is 50.0 Å². The monoisotopic (exact) mass is 365 g/mol. The van der Waals surface area contributed by atoms with Crippen molar-refractivity contribution in [2.24, 2.45) is 11.8 Å². The lowest BCUT2D eigenvalue weighted by Gasteiger charge is -2.24. The fraction of sp³-hybridized carbons (Fsp3) is 0.524. The highest BCUT2D eigenvalue weighted by molar-refractivity contribution is 5.61. The van der Waals surface area contributed by atoms with Crippen molar-refractivity contribution in [2.75, 3.05) is 0 Å². The SMILES string of the molecule is CC(C)Cc1nccn2c(-c3ccnc(CC4CCC(O)CC4)n3)cnc12. The van der Waals surface area contributed by atoms with Crippen molar-refractivity contribution in [3.63, 3.8) is 0 Å². The van der Waals surface area contributed by atoms with E-state index in [1.165, 1.54) is 0 Å². The van der Waals surface area contributed by atoms with E-state index in [0.717, 1.165) is 67.1 Å². The molecule has 0 bridgehead atoms. The van der Waals surface area contributed by atoms with Crippen LogP contribution in [0.4, 0.5) is 0 Å². The summed E-state index contributed by atoms with van der Waals surface area (Å²) in [5, 5.41) is 9.69. The van der Waals surface area contributed by atoms with E-state index in [1.807, 2.05) is 30.9 Å². The lowest BCUT2D eigenvalue weighted by atomic mass is 9.85. The number of rotatable bonds is 5. The molecular formula is C21H27N5O. The normalized spacial score (nSPS) is 20.4. The molecule has 27 heavy (non-hydrogen) atoms. The van der Waals surface area contributed by atoms with E-state index in [4.69, 9.17) is 4.98 Å². The minimum absolute atomic E-state index is 0.125. The quantitative estimate of drug-likeness (QED) is 0.749. The molecule has 0 aromatic carbocycles. The Morgan fingerprint density at radius 2 is 1.93 bits per heavy atom. The number of imidazole rings is 1. The lowest BCUT2D eigenvalue weighted by molar-refractivity contribution is 0.108. The highest BCUT2D eigenvalue weighted by Crippen LogP contribution is 2.27. The van der Waals surface area contributed by atoms with Gasteiger partial charge in [0, 0.05) is 25.0 Å². The van der Waals surface area contributed by atoms with Crippen LogP contribution in [0, 0.1) is 11.8 Å². The summed E-state index contributed by atoms with van der Waals surface area (Å²) in [6, 6.07) is 1.94. The highest BCUT2D eigenvalue weighted by atomic mass is 16.3. The Kier molecular flexibility index (Phi) is 5.16. The van der Waals surface area contributed by atoms with Gasteiger partial charge in [-0.15, -0.1) is 0 Å². The summed E-state index contributed by atoms with van der Waals surface area (Å²) in [5.41, 5.74) is 3.79. The molecule has 0 unspecified atom stereocenters. The number of fused-ring (bicyclic) bond motifs is 1. The molecule has 0 aliphatic heterocycles. The number of nitrogens with zero attached hydrogens (tertiary/aromatic N) is 5. The summed E-state index contributed by atoms with van der Waals surface area (Å²) >= 11 is 0. The Morgan fingerprint density at radius 3 is 2.70 bits per heavy atom. The summed E-state index contributed by atoms with van der Waals surface area (Å²) < 4.78 is 2.08. The van der Waals surface area contributed by atoms with Crippen LogP contribution in [0.15, 0.2) is 30.9 Å². The van der Waals surface area contributed by atoms with Gasteiger partial charge in [-0.25, -0.2) is 15.0 Å². The molecule has 1 saturated carbocycles. The molecule has 1 fully saturated rings. The first-order chi connectivity index (χ1) is 13.1. The Hall–Kier alpha value is -2.34. The largest absolute Gasteiger partial charge is 0.393 e. The lowest BCUT2D eigenvalue weighted by Crippen LogP contribution is -2.20. The molecular weight excluding hydrogens is 338 g/mol. The molecule has 1 aliphatic carbocycles. The van der Waals surface area contributed by atoms with Gasteiger partial charge in [0.15, 0.2) is 5.65 Å². The first kappa shape index (κ1) is 18.0. The van der Waals surface area contributed by atoms with Gasteiger partial charge in [0.1, 0.15) is 5.82 Å². The second-order valence-electron chi connectivity index (χ2n) is 8.05. The molecule has 6 heteroatoms. The number of aromatic nitrogens is 5. The predicted molar refractivity (Wildman–Crippen MR) is 104 cm³/mol. The summed E-state index contributed by atoms with van der Waals surface area (Å²) in [6.45, 7) is 4.38. The molecule has 0 amide bonds. The average Bonchev–Trinajstić information content (AvgIpc) is 3.09. The van der Waals surface area contributed by atoms with Crippen LogP contribution in [0.1, 0.15) is 51.0 Å². The topological polar surface area (TPSA) is 76.2 Å². The van der Waals surface area contributed by atoms with Gasteiger partial charge in [0.2, 0.25) is 0 Å². The zero-order valence-corrected chi connectivity index (χ0v) is 16.0. The molecule has 0 saturated heterocycles. The van der Waals surface area contributed by atoms with Crippen LogP contribution >= 0.6 is 0 Å². The summed E-state index contributed by atoms with van der Waals surface area (Å²) in [6.07, 6.45) is 13.0. The maximum absolute atomic E-state index is 9.69. The Balaban J connectivity index is 1.60. The van der Waals surface area contributed by atoms with Gasteiger partial charge in [0.25, 0.3) is 0 Å². The van der Waals surface area contributed by atoms with E-state index in [-0.39, 0.29) is 6.10 Å². The van der Waals surface area contributed by atoms with Crippen molar-refractivity contribution in [2.45, 2.75) is 58.5 Å². The maximum Gasteiger partial charge on any atom is 0.159 e. The van der Waals surface area contributed by atoms with E-state index < -0.39 is 0 Å². The molecule has 3 aromatic heterocycles. The van der Waals surface area contributed by atoms with Gasteiger partial charge in [0.05, 0.1) is 29.4 Å². The van der Waals surface area contributed by atoms with E-state index >= 15 is 0 Å². The molecule has 1 aliphatic rings. The molecule has 1 N–H and O–H groups in total. The van der Waals surface area contributed by atoms with E-state index in [9.17, 15) is 5.11 Å². The number of hydrogen-bond donors (Lipinski definition) is 1. The predicted octanol–water partition coefficient (Wildman–Crippen LogP) is 3.48. The second-order valence-corrected chi connectivity index (χ2v) is 8.05. The van der Waals surface area contributed by atoms with Crippen molar-refractivity contribution in [1.82, 2.24) is 24.3 Å². The zero-order chi connectivity index (χ0) is 18.8. The standard InChI is InChI=1S/C21H27N5O/c1-14(2)11-18-21-24-13-19(26(21)10-9-22-18)17-7-8-23-20(25-17)12-15-3-5-16(27)6-4-15/h7-10,13-16,27H,3-6,11-12H2,1-2H3. The van der Waals surface area contributed by atoms with Gasteiger partial charge in [-0.3, -0.25) is 9.38 Å². The first-order valence-electron chi connectivity index (χ1n) is 9.91. The molecule has 0 radical (unpaired) electrons. The molecule has 3 aromatic rings. The summed E-state index contributed by atoms with van der Waals surface area (Å²) in [7, 11) is 0. The molecule has 4 rings (SSSR count). The first-order valence-corrected chi connectivity index (χ1v) is 9.91. The van der Waals surface area contributed by atoms with E-state index in [0.29, 0.717) is 11.8 Å². The summed E-state index contributed by atoms with van der Waals surface area (Å²) in [5.74, 6) is 1.97. The van der Waals surface area contributed by atoms with Gasteiger partial charge in [-0.1, -0.05) is 13.8 Å². The Morgan fingerprint density at radius 1 is 1.11 bits per heavy atom. The molecule has 0 spiro atoms. The van der Waals surface area contributed by atoms with Crippen molar-refractivity contribution >= 4 is 5.65 Å². The van der Waals surface area contributed by atoms with Crippen molar-refractivity contribution in [3.8, 4) is 11.4 Å². The van der Waals surface area contributed by atoms with Crippen LogP contribution in [-0.2, 0) is 12.8 Å². The minimum Gasteiger partial charge on any atom is -0.393 e. The third-order valence-corrected chi connectivity index (χ3v) is 5.36. The van der Waals surface area contributed by atoms with Crippen molar-refractivity contribution in [1.29, 1.82) is 0 Å². The van der Waals surface area contributed by atoms with Crippen LogP contribution in [0.5, 0.6) is 0 Å². The van der Waals surface area contributed by atoms with Crippen molar-refractivity contribution in [3.05, 3.63) is 42.4 Å². The maximum atomic E-state index is 9.69. The minimum atomic E-state index is -0.125. The van der Waals surface area contributed by atoms with Crippen LogP contribution < -0.4 is 0 Å². The third-order valence-electron chi connectivity index (χ3n) is 5.36. The molecule has 0 atom stereocenters.